The van der Waals surface area contributed by atoms with Crippen LogP contribution in [0.15, 0.2) is 27.9 Å². The molecule has 1 aromatic carbocycles. The van der Waals surface area contributed by atoms with Gasteiger partial charge in [0.2, 0.25) is 10.0 Å². The van der Waals surface area contributed by atoms with Crippen molar-refractivity contribution < 1.29 is 42.5 Å². The Labute approximate surface area is 286 Å². The summed E-state index contributed by atoms with van der Waals surface area (Å²) in [7, 11) is -2.24. The van der Waals surface area contributed by atoms with Crippen LogP contribution in [0.3, 0.4) is 0 Å². The van der Waals surface area contributed by atoms with E-state index in [-0.39, 0.29) is 55.8 Å². The molecule has 0 amide bonds. The fourth-order valence-electron chi connectivity index (χ4n) is 5.40. The third kappa shape index (κ3) is 9.63. The minimum absolute atomic E-state index is 0.00706. The summed E-state index contributed by atoms with van der Waals surface area (Å²) in [6.45, 7) is 4.18. The summed E-state index contributed by atoms with van der Waals surface area (Å²) in [6, 6.07) is 4.26. The minimum atomic E-state index is -3.91. The summed E-state index contributed by atoms with van der Waals surface area (Å²) in [5, 5.41) is 26.3. The molecule has 0 radical (unpaired) electrons. The van der Waals surface area contributed by atoms with Gasteiger partial charge in [0.05, 0.1) is 22.8 Å². The number of aryl methyl sites for hydroxylation is 2. The number of ether oxygens (including phenoxy) is 2. The van der Waals surface area contributed by atoms with Crippen LogP contribution in [-0.2, 0) is 42.7 Å². The van der Waals surface area contributed by atoms with Crippen molar-refractivity contribution >= 4 is 27.0 Å². The standard InChI is InChI=1S/C29H40N8O12S/c1-4-8-23-26-27(34(3)33-23)29(39)32-28(31-26)22-15-21(11-12-24(22)46-5-2)50(44,45)35-16-19(17-35)30-13-14-47-25(38)10-7-6-9-20(49-37(42)43)18-48-36(40)41/h11-12,15,19-20,30H,4-10,13-14,16-18H2,1-3H3,(H,31,32,39). The SMILES string of the molecule is CCCc1nn(C)c2c(=O)[nH]c(-c3cc(S(=O)(=O)N4CC(NCCOC(=O)CCCCC(CO[N+](=O)[O-])O[N+](=O)[O-])C4)ccc3OCC)nc12. The average molecular weight is 725 g/mol. The Kier molecular flexibility index (Phi) is 13.0. The first-order valence-corrected chi connectivity index (χ1v) is 17.5. The Morgan fingerprint density at radius 3 is 2.62 bits per heavy atom. The van der Waals surface area contributed by atoms with Gasteiger partial charge in [-0.2, -0.15) is 9.40 Å². The van der Waals surface area contributed by atoms with Gasteiger partial charge in [-0.05, 0) is 44.4 Å². The van der Waals surface area contributed by atoms with Gasteiger partial charge in [0, 0.05) is 39.1 Å². The monoisotopic (exact) mass is 724 g/mol. The molecule has 0 saturated carbocycles. The van der Waals surface area contributed by atoms with Crippen LogP contribution < -0.4 is 15.6 Å². The molecule has 0 spiro atoms. The van der Waals surface area contributed by atoms with Crippen molar-refractivity contribution in [2.24, 2.45) is 7.05 Å². The number of carbonyl (C=O) groups is 1. The molecule has 21 heteroatoms. The second-order valence-electron chi connectivity index (χ2n) is 11.4. The molecule has 50 heavy (non-hydrogen) atoms. The maximum Gasteiger partial charge on any atom is 0.305 e. The molecule has 2 N–H and O–H groups in total. The number of aromatic amines is 1. The number of fused-ring (bicyclic) bond motifs is 1. The number of sulfonamides is 1. The lowest BCUT2D eigenvalue weighted by Gasteiger charge is -2.38. The summed E-state index contributed by atoms with van der Waals surface area (Å²) in [5.74, 6) is 0.0358. The van der Waals surface area contributed by atoms with Crippen molar-refractivity contribution in [3.8, 4) is 17.1 Å². The Morgan fingerprint density at radius 1 is 1.18 bits per heavy atom. The lowest BCUT2D eigenvalue weighted by atomic mass is 10.1. The molecule has 274 valence electrons. The highest BCUT2D eigenvalue weighted by atomic mass is 32.2. The number of hydrogen-bond donors (Lipinski definition) is 2. The Hall–Kier alpha value is -4.89. The van der Waals surface area contributed by atoms with E-state index in [0.717, 1.165) is 6.42 Å². The van der Waals surface area contributed by atoms with Gasteiger partial charge in [-0.15, -0.1) is 20.2 Å². The van der Waals surface area contributed by atoms with E-state index in [9.17, 15) is 38.2 Å². The van der Waals surface area contributed by atoms with Crippen LogP contribution in [0.5, 0.6) is 5.75 Å². The van der Waals surface area contributed by atoms with Gasteiger partial charge >= 0.3 is 5.97 Å². The maximum absolute atomic E-state index is 13.5. The second kappa shape index (κ2) is 17.2. The first-order chi connectivity index (χ1) is 23.8. The molecular formula is C29H40N8O12S. The molecule has 3 aromatic rings. The van der Waals surface area contributed by atoms with Gasteiger partial charge in [-0.1, -0.05) is 19.8 Å². The zero-order valence-corrected chi connectivity index (χ0v) is 28.7. The molecule has 1 fully saturated rings. The van der Waals surface area contributed by atoms with Crippen LogP contribution in [0, 0.1) is 20.2 Å². The molecule has 1 atom stereocenters. The topological polar surface area (TPSA) is 253 Å². The van der Waals surface area contributed by atoms with Crippen molar-refractivity contribution in [1.82, 2.24) is 29.4 Å². The van der Waals surface area contributed by atoms with E-state index in [2.05, 4.69) is 30.1 Å². The van der Waals surface area contributed by atoms with Gasteiger partial charge in [-0.25, -0.2) is 13.4 Å². The largest absolute Gasteiger partial charge is 0.493 e. The molecule has 2 aromatic heterocycles. The molecule has 0 aliphatic carbocycles. The Morgan fingerprint density at radius 2 is 1.94 bits per heavy atom. The van der Waals surface area contributed by atoms with Crippen LogP contribution >= 0.6 is 0 Å². The summed E-state index contributed by atoms with van der Waals surface area (Å²) in [5.41, 5.74) is 1.36. The van der Waals surface area contributed by atoms with Gasteiger partial charge < -0.3 is 29.4 Å². The number of unbranched alkanes of at least 4 members (excludes halogenated alkanes) is 1. The predicted molar refractivity (Wildman–Crippen MR) is 175 cm³/mol. The van der Waals surface area contributed by atoms with Crippen molar-refractivity contribution in [2.75, 3.05) is 39.5 Å². The number of nitrogens with one attached hydrogen (secondary N) is 2. The van der Waals surface area contributed by atoms with Gasteiger partial charge in [0.25, 0.3) is 15.7 Å². The Bertz CT molecular complexity index is 1840. The van der Waals surface area contributed by atoms with E-state index in [1.54, 1.807) is 20.0 Å². The Balaban J connectivity index is 1.28. The average Bonchev–Trinajstić information content (AvgIpc) is 3.35. The first kappa shape index (κ1) is 37.9. The van der Waals surface area contributed by atoms with Gasteiger partial charge in [-0.3, -0.25) is 14.3 Å². The number of hydrogen-bond acceptors (Lipinski definition) is 15. The number of esters is 1. The molecule has 4 rings (SSSR count). The zero-order valence-electron chi connectivity index (χ0n) is 27.9. The molecule has 3 heterocycles. The number of nitrogens with zero attached hydrogens (tertiary/aromatic N) is 6. The van der Waals surface area contributed by atoms with E-state index in [4.69, 9.17) is 9.47 Å². The maximum atomic E-state index is 13.5. The van der Waals surface area contributed by atoms with E-state index in [0.29, 0.717) is 53.9 Å². The third-order valence-corrected chi connectivity index (χ3v) is 9.62. The fraction of sp³-hybridized carbons (Fsp3) is 0.586. The molecule has 1 saturated heterocycles. The predicted octanol–water partition coefficient (Wildman–Crippen LogP) is 1.53. The highest BCUT2D eigenvalue weighted by Gasteiger charge is 2.37. The number of benzene rings is 1. The molecule has 1 unspecified atom stereocenters. The fourth-order valence-corrected chi connectivity index (χ4v) is 6.96. The smallest absolute Gasteiger partial charge is 0.305 e. The quantitative estimate of drug-likeness (QED) is 0.0684. The minimum Gasteiger partial charge on any atom is -0.493 e. The van der Waals surface area contributed by atoms with Crippen LogP contribution in [0.25, 0.3) is 22.4 Å². The highest BCUT2D eigenvalue weighted by Crippen LogP contribution is 2.33. The molecule has 1 aliphatic rings. The van der Waals surface area contributed by atoms with E-state index in [1.165, 1.54) is 21.1 Å². The number of H-pyrrole nitrogens is 1. The zero-order chi connectivity index (χ0) is 36.4. The van der Waals surface area contributed by atoms with Crippen LogP contribution in [0.2, 0.25) is 0 Å². The van der Waals surface area contributed by atoms with Crippen molar-refractivity contribution in [1.29, 1.82) is 0 Å². The van der Waals surface area contributed by atoms with Gasteiger partial charge in [0.15, 0.2) is 5.52 Å². The summed E-state index contributed by atoms with van der Waals surface area (Å²) in [4.78, 5) is 61.9. The first-order valence-electron chi connectivity index (χ1n) is 16.0. The van der Waals surface area contributed by atoms with Crippen LogP contribution in [0.4, 0.5) is 0 Å². The normalized spacial score (nSPS) is 14.2. The van der Waals surface area contributed by atoms with Crippen molar-refractivity contribution in [3.05, 3.63) is 54.5 Å². The van der Waals surface area contributed by atoms with Crippen molar-refractivity contribution in [3.63, 3.8) is 0 Å². The van der Waals surface area contributed by atoms with Crippen LogP contribution in [0.1, 0.15) is 51.6 Å². The van der Waals surface area contributed by atoms with E-state index < -0.39 is 44.4 Å². The number of rotatable bonds is 21. The van der Waals surface area contributed by atoms with Gasteiger partial charge in [0.1, 0.15) is 36.4 Å². The summed E-state index contributed by atoms with van der Waals surface area (Å²) in [6.07, 6.45) is 0.999. The molecule has 20 nitrogen and oxygen atoms in total. The molecule has 1 aliphatic heterocycles. The van der Waals surface area contributed by atoms with E-state index in [1.807, 2.05) is 6.92 Å². The molecular weight excluding hydrogens is 684 g/mol. The van der Waals surface area contributed by atoms with Crippen molar-refractivity contribution in [2.45, 2.75) is 69.4 Å². The van der Waals surface area contributed by atoms with E-state index >= 15 is 0 Å². The summed E-state index contributed by atoms with van der Waals surface area (Å²) < 4.78 is 40.8. The number of carbonyl (C=O) groups excluding carboxylic acids is 1. The number of aromatic nitrogens is 4. The highest BCUT2D eigenvalue weighted by molar-refractivity contribution is 7.89. The lowest BCUT2D eigenvalue weighted by molar-refractivity contribution is -0.790. The van der Waals surface area contributed by atoms with Crippen LogP contribution in [-0.4, -0.2) is 100 Å². The summed E-state index contributed by atoms with van der Waals surface area (Å²) >= 11 is 0. The third-order valence-electron chi connectivity index (χ3n) is 7.80. The second-order valence-corrected chi connectivity index (χ2v) is 13.4. The lowest BCUT2D eigenvalue weighted by Crippen LogP contribution is -2.60. The molecule has 0 bridgehead atoms.